The molecule has 1 heterocycles. The van der Waals surface area contributed by atoms with Crippen LogP contribution >= 0.6 is 0 Å². The van der Waals surface area contributed by atoms with Crippen LogP contribution in [0.5, 0.6) is 0 Å². The molecule has 4 nitrogen and oxygen atoms in total. The number of hydrogen-bond donors (Lipinski definition) is 1. The monoisotopic (exact) mass is 290 g/mol. The van der Waals surface area contributed by atoms with Gasteiger partial charge in [-0.2, -0.15) is 0 Å². The van der Waals surface area contributed by atoms with Gasteiger partial charge in [-0.1, -0.05) is 38.5 Å². The van der Waals surface area contributed by atoms with Gasteiger partial charge in [-0.3, -0.25) is 0 Å². The quantitative estimate of drug-likeness (QED) is 0.922. The zero-order valence-electron chi connectivity index (χ0n) is 13.7. The molecule has 0 amide bonds. The first-order chi connectivity index (χ1) is 10.2. The third-order valence-electron chi connectivity index (χ3n) is 5.71. The van der Waals surface area contributed by atoms with Crippen LogP contribution in [-0.4, -0.2) is 27.4 Å². The molecule has 0 aromatic carbocycles. The minimum absolute atomic E-state index is 0.254. The van der Waals surface area contributed by atoms with Crippen molar-refractivity contribution >= 4 is 0 Å². The highest BCUT2D eigenvalue weighted by atomic mass is 15.3. The smallest absolute Gasteiger partial charge is 0.135 e. The van der Waals surface area contributed by atoms with Crippen LogP contribution in [0.4, 0.5) is 0 Å². The molecule has 2 fully saturated rings. The van der Waals surface area contributed by atoms with Crippen LogP contribution in [0.2, 0.25) is 0 Å². The van der Waals surface area contributed by atoms with Gasteiger partial charge in [-0.15, -0.1) is 10.2 Å². The van der Waals surface area contributed by atoms with Crippen LogP contribution in [0.1, 0.15) is 81.9 Å². The zero-order chi connectivity index (χ0) is 14.7. The Morgan fingerprint density at radius 1 is 1.05 bits per heavy atom. The van der Waals surface area contributed by atoms with Crippen LogP contribution in [0.25, 0.3) is 0 Å². The average Bonchev–Trinajstić information content (AvgIpc) is 2.89. The maximum atomic E-state index is 4.55. The van der Waals surface area contributed by atoms with Crippen LogP contribution in [0, 0.1) is 6.92 Å². The van der Waals surface area contributed by atoms with Crippen molar-refractivity contribution in [3.8, 4) is 0 Å². The number of likely N-dealkylation sites (N-methyl/N-ethyl adjacent to an activating group) is 1. The minimum atomic E-state index is 0.254. The molecule has 21 heavy (non-hydrogen) atoms. The van der Waals surface area contributed by atoms with Crippen molar-refractivity contribution in [3.05, 3.63) is 11.6 Å². The first kappa shape index (κ1) is 15.0. The maximum Gasteiger partial charge on any atom is 0.135 e. The fourth-order valence-electron chi connectivity index (χ4n) is 4.39. The maximum absolute atomic E-state index is 4.55. The van der Waals surface area contributed by atoms with Crippen molar-refractivity contribution in [2.75, 3.05) is 7.05 Å². The summed E-state index contributed by atoms with van der Waals surface area (Å²) >= 11 is 0. The lowest BCUT2D eigenvalue weighted by Gasteiger charge is -2.37. The Balaban J connectivity index is 1.81. The molecule has 2 aliphatic carbocycles. The first-order valence-corrected chi connectivity index (χ1v) is 8.83. The molecule has 2 saturated carbocycles. The van der Waals surface area contributed by atoms with Gasteiger partial charge in [-0.05, 0) is 39.7 Å². The molecule has 0 aliphatic heterocycles. The third kappa shape index (κ3) is 3.15. The van der Waals surface area contributed by atoms with Crippen LogP contribution in [0.15, 0.2) is 0 Å². The van der Waals surface area contributed by atoms with E-state index >= 15 is 0 Å². The van der Waals surface area contributed by atoms with E-state index in [2.05, 4.69) is 34.1 Å². The summed E-state index contributed by atoms with van der Waals surface area (Å²) in [7, 11) is 2.12. The van der Waals surface area contributed by atoms with Gasteiger partial charge in [0.1, 0.15) is 11.6 Å². The highest BCUT2D eigenvalue weighted by Crippen LogP contribution is 2.34. The molecule has 2 aliphatic rings. The van der Waals surface area contributed by atoms with Gasteiger partial charge in [0.05, 0.1) is 0 Å². The van der Waals surface area contributed by atoms with Gasteiger partial charge >= 0.3 is 0 Å². The Morgan fingerprint density at radius 2 is 1.71 bits per heavy atom. The van der Waals surface area contributed by atoms with Gasteiger partial charge in [0, 0.05) is 18.0 Å². The minimum Gasteiger partial charge on any atom is -0.314 e. The largest absolute Gasteiger partial charge is 0.314 e. The summed E-state index contributed by atoms with van der Waals surface area (Å²) < 4.78 is 2.47. The van der Waals surface area contributed by atoms with Crippen LogP contribution in [0.3, 0.4) is 0 Å². The highest BCUT2D eigenvalue weighted by Gasteiger charge is 2.33. The van der Waals surface area contributed by atoms with Crippen LogP contribution < -0.4 is 5.32 Å². The normalized spacial score (nSPS) is 23.3. The predicted molar refractivity (Wildman–Crippen MR) is 85.5 cm³/mol. The molecule has 1 aromatic rings. The lowest BCUT2D eigenvalue weighted by atomic mass is 9.79. The van der Waals surface area contributed by atoms with E-state index in [1.165, 1.54) is 70.0 Å². The Bertz CT molecular complexity index is 453. The van der Waals surface area contributed by atoms with E-state index in [-0.39, 0.29) is 5.54 Å². The van der Waals surface area contributed by atoms with E-state index in [9.17, 15) is 0 Å². The molecular formula is C17H30N4. The second-order valence-electron chi connectivity index (χ2n) is 7.09. The van der Waals surface area contributed by atoms with E-state index in [0.29, 0.717) is 6.04 Å². The first-order valence-electron chi connectivity index (χ1n) is 8.83. The molecule has 0 spiro atoms. The predicted octanol–water partition coefficient (Wildman–Crippen LogP) is 3.56. The molecule has 3 rings (SSSR count). The van der Waals surface area contributed by atoms with E-state index in [4.69, 9.17) is 0 Å². The van der Waals surface area contributed by atoms with Gasteiger partial charge < -0.3 is 9.88 Å². The lowest BCUT2D eigenvalue weighted by molar-refractivity contribution is 0.233. The molecule has 0 unspecified atom stereocenters. The third-order valence-corrected chi connectivity index (χ3v) is 5.71. The van der Waals surface area contributed by atoms with Crippen molar-refractivity contribution in [2.24, 2.45) is 0 Å². The SMILES string of the molecule is CNC1(Cc2nnc(C)n2C2CCCCC2)CCCCC1. The molecule has 0 bridgehead atoms. The number of rotatable bonds is 4. The summed E-state index contributed by atoms with van der Waals surface area (Å²) in [5, 5.41) is 12.6. The van der Waals surface area contributed by atoms with Crippen molar-refractivity contribution in [1.29, 1.82) is 0 Å². The fraction of sp³-hybridized carbons (Fsp3) is 0.882. The van der Waals surface area contributed by atoms with E-state index in [1.807, 2.05) is 0 Å². The molecule has 0 saturated heterocycles. The number of nitrogens with one attached hydrogen (secondary N) is 1. The second kappa shape index (κ2) is 6.47. The van der Waals surface area contributed by atoms with Crippen molar-refractivity contribution in [3.63, 3.8) is 0 Å². The Morgan fingerprint density at radius 3 is 2.38 bits per heavy atom. The van der Waals surface area contributed by atoms with Gasteiger partial charge in [0.25, 0.3) is 0 Å². The number of aromatic nitrogens is 3. The van der Waals surface area contributed by atoms with E-state index < -0.39 is 0 Å². The summed E-state index contributed by atoms with van der Waals surface area (Å²) in [4.78, 5) is 0. The second-order valence-corrected chi connectivity index (χ2v) is 7.09. The Kier molecular flexibility index (Phi) is 4.63. The average molecular weight is 290 g/mol. The summed E-state index contributed by atoms with van der Waals surface area (Å²) in [5.74, 6) is 2.33. The number of aryl methyl sites for hydroxylation is 1. The zero-order valence-corrected chi connectivity index (χ0v) is 13.7. The van der Waals surface area contributed by atoms with Crippen LogP contribution in [-0.2, 0) is 6.42 Å². The Hall–Kier alpha value is -0.900. The molecular weight excluding hydrogens is 260 g/mol. The number of hydrogen-bond acceptors (Lipinski definition) is 3. The van der Waals surface area contributed by atoms with E-state index in [0.717, 1.165) is 12.2 Å². The van der Waals surface area contributed by atoms with Crippen molar-refractivity contribution < 1.29 is 0 Å². The van der Waals surface area contributed by atoms with Crippen molar-refractivity contribution in [1.82, 2.24) is 20.1 Å². The lowest BCUT2D eigenvalue weighted by Crippen LogP contribution is -2.47. The van der Waals surface area contributed by atoms with Gasteiger partial charge in [0.15, 0.2) is 0 Å². The molecule has 1 N–H and O–H groups in total. The molecule has 1 aromatic heterocycles. The summed E-state index contributed by atoms with van der Waals surface area (Å²) in [6.07, 6.45) is 14.4. The molecule has 4 heteroatoms. The van der Waals surface area contributed by atoms with Gasteiger partial charge in [0.2, 0.25) is 0 Å². The summed E-state index contributed by atoms with van der Waals surface area (Å²) in [6.45, 7) is 2.12. The van der Waals surface area contributed by atoms with Gasteiger partial charge in [-0.25, -0.2) is 0 Å². The Labute approximate surface area is 128 Å². The fourth-order valence-corrected chi connectivity index (χ4v) is 4.39. The standard InChI is InChI=1S/C17H30N4/c1-14-19-20-16(21(14)15-9-5-3-6-10-15)13-17(18-2)11-7-4-8-12-17/h15,18H,3-13H2,1-2H3. The molecule has 0 atom stereocenters. The van der Waals surface area contributed by atoms with E-state index in [1.54, 1.807) is 0 Å². The van der Waals surface area contributed by atoms with Crippen molar-refractivity contribution in [2.45, 2.75) is 89.1 Å². The molecule has 0 radical (unpaired) electrons. The number of nitrogens with zero attached hydrogens (tertiary/aromatic N) is 3. The summed E-state index contributed by atoms with van der Waals surface area (Å²) in [6, 6.07) is 0.640. The topological polar surface area (TPSA) is 42.7 Å². The molecule has 118 valence electrons. The highest BCUT2D eigenvalue weighted by molar-refractivity contribution is 5.05. The summed E-state index contributed by atoms with van der Waals surface area (Å²) in [5.41, 5.74) is 0.254.